The van der Waals surface area contributed by atoms with E-state index in [0.717, 1.165) is 5.65 Å². The van der Waals surface area contributed by atoms with Gasteiger partial charge >= 0.3 is 0 Å². The Balaban J connectivity index is 2.69. The summed E-state index contributed by atoms with van der Waals surface area (Å²) < 4.78 is 1.84. The molecule has 0 bridgehead atoms. The minimum Gasteiger partial charge on any atom is -0.298 e. The molecule has 0 N–H and O–H groups in total. The van der Waals surface area contributed by atoms with Gasteiger partial charge < -0.3 is 0 Å². The molecule has 3 rings (SSSR count). The van der Waals surface area contributed by atoms with Gasteiger partial charge in [0.05, 0.1) is 21.1 Å². The summed E-state index contributed by atoms with van der Waals surface area (Å²) in [6.45, 7) is 1.77. The molecule has 18 heavy (non-hydrogen) atoms. The van der Waals surface area contributed by atoms with Crippen LogP contribution in [-0.4, -0.2) is 9.38 Å². The molecule has 2 aromatic heterocycles. The van der Waals surface area contributed by atoms with Crippen LogP contribution in [0.25, 0.3) is 16.7 Å². The number of nitrogens with zero attached hydrogens (tertiary/aromatic N) is 3. The van der Waals surface area contributed by atoms with Crippen LogP contribution in [0.1, 0.15) is 11.1 Å². The number of hydrogen-bond acceptors (Lipinski definition) is 2. The molecular weight excluding hydrogens is 269 g/mol. The highest BCUT2D eigenvalue weighted by Gasteiger charge is 2.18. The van der Waals surface area contributed by atoms with Crippen molar-refractivity contribution in [1.82, 2.24) is 9.38 Å². The number of hydrogen-bond donors (Lipinski definition) is 0. The molecule has 0 fully saturated rings. The molecule has 0 aliphatic carbocycles. The Hall–Kier alpha value is -1.76. The molecule has 0 unspecified atom stereocenters. The minimum atomic E-state index is 0.409. The molecule has 88 valence electrons. The highest BCUT2D eigenvalue weighted by atomic mass is 35.5. The zero-order chi connectivity index (χ0) is 12.9. The molecule has 0 radical (unpaired) electrons. The fraction of sp³-hybridized carbons (Fsp3) is 0.0769. The molecule has 3 nitrogen and oxygen atoms in total. The molecule has 0 aliphatic heterocycles. The van der Waals surface area contributed by atoms with Crippen LogP contribution in [0.4, 0.5) is 0 Å². The summed E-state index contributed by atoms with van der Waals surface area (Å²) >= 11 is 12.5. The van der Waals surface area contributed by atoms with Gasteiger partial charge in [0, 0.05) is 6.20 Å². The van der Waals surface area contributed by atoms with E-state index in [0.29, 0.717) is 32.2 Å². The second-order valence-electron chi connectivity index (χ2n) is 3.98. The highest BCUT2D eigenvalue weighted by molar-refractivity contribution is 6.45. The van der Waals surface area contributed by atoms with Crippen LogP contribution in [0, 0.1) is 18.3 Å². The predicted molar refractivity (Wildman–Crippen MR) is 72.2 cm³/mol. The number of benzene rings is 1. The van der Waals surface area contributed by atoms with E-state index in [1.807, 2.05) is 28.8 Å². The first kappa shape index (κ1) is 11.3. The van der Waals surface area contributed by atoms with Crippen molar-refractivity contribution in [3.63, 3.8) is 0 Å². The lowest BCUT2D eigenvalue weighted by Crippen LogP contribution is -1.90. The lowest BCUT2D eigenvalue weighted by atomic mass is 10.1. The molecule has 0 spiro atoms. The zero-order valence-corrected chi connectivity index (χ0v) is 10.9. The maximum atomic E-state index is 9.26. The molecule has 0 saturated carbocycles. The first-order valence-electron chi connectivity index (χ1n) is 5.29. The van der Waals surface area contributed by atoms with Crippen LogP contribution in [0.3, 0.4) is 0 Å². The van der Waals surface area contributed by atoms with E-state index in [4.69, 9.17) is 23.2 Å². The third-order valence-corrected chi connectivity index (χ3v) is 3.92. The maximum absolute atomic E-state index is 9.26. The maximum Gasteiger partial charge on any atom is 0.138 e. The van der Waals surface area contributed by atoms with Gasteiger partial charge in [0.25, 0.3) is 0 Å². The summed E-state index contributed by atoms with van der Waals surface area (Å²) in [5, 5.41) is 10.1. The number of rotatable bonds is 0. The molecular formula is C13H7Cl2N3. The molecule has 3 aromatic rings. The third kappa shape index (κ3) is 1.34. The smallest absolute Gasteiger partial charge is 0.138 e. The molecule has 0 aliphatic rings. The second-order valence-corrected chi connectivity index (χ2v) is 4.73. The molecule has 1 aromatic carbocycles. The minimum absolute atomic E-state index is 0.409. The van der Waals surface area contributed by atoms with Crippen LogP contribution >= 0.6 is 23.2 Å². The van der Waals surface area contributed by atoms with E-state index in [1.54, 1.807) is 6.92 Å². The van der Waals surface area contributed by atoms with Crippen molar-refractivity contribution < 1.29 is 0 Å². The van der Waals surface area contributed by atoms with Gasteiger partial charge in [-0.05, 0) is 24.6 Å². The zero-order valence-electron chi connectivity index (χ0n) is 9.41. The Kier molecular flexibility index (Phi) is 2.44. The van der Waals surface area contributed by atoms with Crippen molar-refractivity contribution in [2.45, 2.75) is 6.92 Å². The Morgan fingerprint density at radius 3 is 2.78 bits per heavy atom. The summed E-state index contributed by atoms with van der Waals surface area (Å²) in [6.07, 6.45) is 1.85. The topological polar surface area (TPSA) is 41.1 Å². The number of pyridine rings is 1. The van der Waals surface area contributed by atoms with Gasteiger partial charge in [0.2, 0.25) is 0 Å². The quantitative estimate of drug-likeness (QED) is 0.623. The van der Waals surface area contributed by atoms with E-state index in [-0.39, 0.29) is 0 Å². The van der Waals surface area contributed by atoms with E-state index >= 15 is 0 Å². The Morgan fingerprint density at radius 1 is 1.28 bits per heavy atom. The predicted octanol–water partition coefficient (Wildman–Crippen LogP) is 3.97. The fourth-order valence-corrected chi connectivity index (χ4v) is 2.58. The van der Waals surface area contributed by atoms with E-state index in [2.05, 4.69) is 11.1 Å². The SMILES string of the molecule is Cc1c(Cl)c(Cl)c2c(nc3ccccn32)c1C#N. The van der Waals surface area contributed by atoms with E-state index in [1.165, 1.54) is 0 Å². The summed E-state index contributed by atoms with van der Waals surface area (Å²) in [5.74, 6) is 0. The first-order chi connectivity index (χ1) is 8.65. The summed E-state index contributed by atoms with van der Waals surface area (Å²) in [6, 6.07) is 7.77. The lowest BCUT2D eigenvalue weighted by molar-refractivity contribution is 1.23. The first-order valence-corrected chi connectivity index (χ1v) is 6.05. The van der Waals surface area contributed by atoms with Crippen molar-refractivity contribution in [2.24, 2.45) is 0 Å². The fourth-order valence-electron chi connectivity index (χ4n) is 2.07. The molecule has 2 heterocycles. The van der Waals surface area contributed by atoms with Crippen molar-refractivity contribution in [2.75, 3.05) is 0 Å². The second kappa shape index (κ2) is 3.88. The monoisotopic (exact) mass is 275 g/mol. The average molecular weight is 276 g/mol. The van der Waals surface area contributed by atoms with Gasteiger partial charge in [-0.3, -0.25) is 4.40 Å². The molecule has 0 amide bonds. The third-order valence-electron chi connectivity index (χ3n) is 2.98. The van der Waals surface area contributed by atoms with Crippen LogP contribution in [-0.2, 0) is 0 Å². The van der Waals surface area contributed by atoms with Crippen molar-refractivity contribution in [3.8, 4) is 6.07 Å². The standard InChI is InChI=1S/C13H7Cl2N3/c1-7-8(6-16)12-13(11(15)10(7)14)18-5-3-2-4-9(18)17-12/h2-5H,1H3. The summed E-state index contributed by atoms with van der Waals surface area (Å²) in [5.41, 5.74) is 3.16. The Labute approximate surface area is 113 Å². The molecule has 5 heteroatoms. The van der Waals surface area contributed by atoms with Crippen LogP contribution in [0.2, 0.25) is 10.0 Å². The number of halogens is 2. The largest absolute Gasteiger partial charge is 0.298 e. The number of imidazole rings is 1. The summed E-state index contributed by atoms with van der Waals surface area (Å²) in [7, 11) is 0. The van der Waals surface area contributed by atoms with Gasteiger partial charge in [0.1, 0.15) is 17.2 Å². The van der Waals surface area contributed by atoms with Crippen LogP contribution < -0.4 is 0 Å². The number of fused-ring (bicyclic) bond motifs is 3. The van der Waals surface area contributed by atoms with Gasteiger partial charge in [-0.1, -0.05) is 29.3 Å². The summed E-state index contributed by atoms with van der Waals surface area (Å²) in [4.78, 5) is 4.45. The van der Waals surface area contributed by atoms with Crippen LogP contribution in [0.15, 0.2) is 24.4 Å². The van der Waals surface area contributed by atoms with Gasteiger partial charge in [-0.15, -0.1) is 0 Å². The average Bonchev–Trinajstić information content (AvgIpc) is 2.76. The van der Waals surface area contributed by atoms with E-state index < -0.39 is 0 Å². The Bertz CT molecular complexity index is 828. The lowest BCUT2D eigenvalue weighted by Gasteiger charge is -2.05. The molecule has 0 atom stereocenters. The van der Waals surface area contributed by atoms with Gasteiger partial charge in [0.15, 0.2) is 0 Å². The normalized spacial score (nSPS) is 11.0. The Morgan fingerprint density at radius 2 is 2.06 bits per heavy atom. The van der Waals surface area contributed by atoms with Crippen molar-refractivity contribution in [3.05, 3.63) is 45.6 Å². The number of nitriles is 1. The van der Waals surface area contributed by atoms with Gasteiger partial charge in [-0.25, -0.2) is 4.98 Å². The highest BCUT2D eigenvalue weighted by Crippen LogP contribution is 2.36. The van der Waals surface area contributed by atoms with Crippen molar-refractivity contribution in [1.29, 1.82) is 5.26 Å². The number of aromatic nitrogens is 2. The van der Waals surface area contributed by atoms with Gasteiger partial charge in [-0.2, -0.15) is 5.26 Å². The molecule has 0 saturated heterocycles. The van der Waals surface area contributed by atoms with Crippen molar-refractivity contribution >= 4 is 39.9 Å². The van der Waals surface area contributed by atoms with E-state index in [9.17, 15) is 5.26 Å². The van der Waals surface area contributed by atoms with Crippen LogP contribution in [0.5, 0.6) is 0 Å².